The van der Waals surface area contributed by atoms with Crippen LogP contribution >= 0.6 is 0 Å². The van der Waals surface area contributed by atoms with E-state index in [-0.39, 0.29) is 23.3 Å². The van der Waals surface area contributed by atoms with Crippen LogP contribution < -0.4 is 4.74 Å². The van der Waals surface area contributed by atoms with Crippen LogP contribution in [0, 0.1) is 11.7 Å². The average molecular weight is 312 g/mol. The number of aliphatic hydroxyl groups is 1. The number of carbonyl (C=O) groups excluding carboxylic acids is 1. The maximum Gasteiger partial charge on any atom is 0.162 e. The van der Waals surface area contributed by atoms with Gasteiger partial charge in [0.1, 0.15) is 23.9 Å². The predicted octanol–water partition coefficient (Wildman–Crippen LogP) is 4.28. The molecule has 2 aromatic carbocycles. The summed E-state index contributed by atoms with van der Waals surface area (Å²) in [6.45, 7) is 0.301. The number of benzene rings is 2. The Hall–Kier alpha value is -2.62. The minimum atomic E-state index is -0.286. The summed E-state index contributed by atoms with van der Waals surface area (Å²) >= 11 is 0. The Morgan fingerprint density at radius 1 is 1.22 bits per heavy atom. The van der Waals surface area contributed by atoms with Crippen LogP contribution in [0.1, 0.15) is 24.0 Å². The normalized spacial score (nSPS) is 14.6. The van der Waals surface area contributed by atoms with Crippen molar-refractivity contribution in [2.45, 2.75) is 19.4 Å². The largest absolute Gasteiger partial charge is 0.507 e. The molecular formula is C19H17FO3. The molecule has 3 nitrogen and oxygen atoms in total. The molecule has 1 aliphatic carbocycles. The lowest BCUT2D eigenvalue weighted by atomic mass is 10.1. The van der Waals surface area contributed by atoms with Gasteiger partial charge in [0.15, 0.2) is 5.78 Å². The summed E-state index contributed by atoms with van der Waals surface area (Å²) in [6.07, 6.45) is 3.10. The highest BCUT2D eigenvalue weighted by Crippen LogP contribution is 2.31. The van der Waals surface area contributed by atoms with Gasteiger partial charge >= 0.3 is 0 Å². The predicted molar refractivity (Wildman–Crippen MR) is 85.5 cm³/mol. The number of allylic oxidation sites excluding steroid dienone is 1. The van der Waals surface area contributed by atoms with Crippen LogP contribution in [0.2, 0.25) is 0 Å². The van der Waals surface area contributed by atoms with Gasteiger partial charge in [-0.15, -0.1) is 0 Å². The molecule has 1 saturated carbocycles. The quantitative estimate of drug-likeness (QED) is 0.639. The molecule has 0 heterocycles. The fourth-order valence-electron chi connectivity index (χ4n) is 2.20. The van der Waals surface area contributed by atoms with Gasteiger partial charge in [-0.25, -0.2) is 4.39 Å². The van der Waals surface area contributed by atoms with Crippen molar-refractivity contribution >= 4 is 11.5 Å². The summed E-state index contributed by atoms with van der Waals surface area (Å²) in [6, 6.07) is 13.0. The number of hydrogen-bond acceptors (Lipinski definition) is 3. The number of ether oxygens (including phenoxy) is 1. The van der Waals surface area contributed by atoms with Crippen molar-refractivity contribution in [2.75, 3.05) is 0 Å². The Kier molecular flexibility index (Phi) is 4.42. The van der Waals surface area contributed by atoms with Crippen molar-refractivity contribution in [3.8, 4) is 5.75 Å². The molecule has 0 aliphatic heterocycles. The van der Waals surface area contributed by atoms with Gasteiger partial charge in [0.05, 0.1) is 0 Å². The van der Waals surface area contributed by atoms with Crippen LogP contribution in [0.3, 0.4) is 0 Å². The SMILES string of the molecule is O=C(/C=C(/O)c1cccc(OCc2ccc(F)cc2)c1)C1CC1. The zero-order chi connectivity index (χ0) is 16.2. The zero-order valence-electron chi connectivity index (χ0n) is 12.5. The van der Waals surface area contributed by atoms with Crippen LogP contribution in [0.15, 0.2) is 54.6 Å². The molecule has 0 radical (unpaired) electrons. The summed E-state index contributed by atoms with van der Waals surface area (Å²) in [5, 5.41) is 10.1. The third-order valence-electron chi connectivity index (χ3n) is 3.71. The first kappa shape index (κ1) is 15.3. The van der Waals surface area contributed by atoms with Crippen molar-refractivity contribution in [2.24, 2.45) is 5.92 Å². The first-order chi connectivity index (χ1) is 11.1. The minimum Gasteiger partial charge on any atom is -0.507 e. The van der Waals surface area contributed by atoms with E-state index in [1.807, 2.05) is 0 Å². The van der Waals surface area contributed by atoms with Gasteiger partial charge < -0.3 is 9.84 Å². The van der Waals surface area contributed by atoms with E-state index >= 15 is 0 Å². The van der Waals surface area contributed by atoms with E-state index in [9.17, 15) is 14.3 Å². The van der Waals surface area contributed by atoms with Gasteiger partial charge in [-0.2, -0.15) is 0 Å². The fourth-order valence-corrected chi connectivity index (χ4v) is 2.20. The summed E-state index contributed by atoms with van der Waals surface area (Å²) < 4.78 is 18.5. The smallest absolute Gasteiger partial charge is 0.162 e. The molecule has 0 bridgehead atoms. The topological polar surface area (TPSA) is 46.5 Å². The van der Waals surface area contributed by atoms with Crippen LogP contribution in [0.4, 0.5) is 4.39 Å². The summed E-state index contributed by atoms with van der Waals surface area (Å²) in [7, 11) is 0. The van der Waals surface area contributed by atoms with Gasteiger partial charge in [-0.1, -0.05) is 24.3 Å². The van der Waals surface area contributed by atoms with Crippen LogP contribution in [0.5, 0.6) is 5.75 Å². The molecule has 1 fully saturated rings. The average Bonchev–Trinajstić information content (AvgIpc) is 3.39. The van der Waals surface area contributed by atoms with Crippen LogP contribution in [-0.2, 0) is 11.4 Å². The molecule has 0 unspecified atom stereocenters. The molecule has 118 valence electrons. The van der Waals surface area contributed by atoms with Crippen molar-refractivity contribution in [3.63, 3.8) is 0 Å². The van der Waals surface area contributed by atoms with E-state index in [0.717, 1.165) is 18.4 Å². The standard InChI is InChI=1S/C19H17FO3/c20-16-8-4-13(5-9-16)12-23-17-3-1-2-15(10-17)19(22)11-18(21)14-6-7-14/h1-5,8-11,14,22H,6-7,12H2/b19-11+. The zero-order valence-corrected chi connectivity index (χ0v) is 12.5. The van der Waals surface area contributed by atoms with Crippen molar-refractivity contribution in [1.82, 2.24) is 0 Å². The second-order valence-corrected chi connectivity index (χ2v) is 5.65. The number of carbonyl (C=O) groups is 1. The van der Waals surface area contributed by atoms with E-state index in [1.165, 1.54) is 18.2 Å². The molecule has 4 heteroatoms. The van der Waals surface area contributed by atoms with Gasteiger partial charge in [0.2, 0.25) is 0 Å². The number of ketones is 1. The van der Waals surface area contributed by atoms with E-state index in [0.29, 0.717) is 17.9 Å². The summed E-state index contributed by atoms with van der Waals surface area (Å²) in [5.74, 6) is 0.293. The van der Waals surface area contributed by atoms with Gasteiger partial charge in [0, 0.05) is 17.6 Å². The highest BCUT2D eigenvalue weighted by molar-refractivity contribution is 5.98. The third kappa shape index (κ3) is 4.19. The molecule has 0 spiro atoms. The Morgan fingerprint density at radius 2 is 1.96 bits per heavy atom. The lowest BCUT2D eigenvalue weighted by Gasteiger charge is -2.08. The minimum absolute atomic E-state index is 0.0277. The molecule has 0 atom stereocenters. The lowest BCUT2D eigenvalue weighted by Crippen LogP contribution is -1.98. The highest BCUT2D eigenvalue weighted by Gasteiger charge is 2.28. The molecule has 2 aromatic rings. The van der Waals surface area contributed by atoms with Crippen LogP contribution in [0.25, 0.3) is 5.76 Å². The van der Waals surface area contributed by atoms with E-state index in [2.05, 4.69) is 0 Å². The fraction of sp³-hybridized carbons (Fsp3) is 0.211. The summed E-state index contributed by atoms with van der Waals surface area (Å²) in [5.41, 5.74) is 1.39. The third-order valence-corrected chi connectivity index (χ3v) is 3.71. The second-order valence-electron chi connectivity index (χ2n) is 5.65. The maximum absolute atomic E-state index is 12.9. The van der Waals surface area contributed by atoms with Gasteiger partial charge in [-0.3, -0.25) is 4.79 Å². The van der Waals surface area contributed by atoms with Crippen molar-refractivity contribution in [1.29, 1.82) is 0 Å². The van der Waals surface area contributed by atoms with E-state index in [4.69, 9.17) is 4.74 Å². The molecule has 0 aromatic heterocycles. The van der Waals surface area contributed by atoms with E-state index < -0.39 is 0 Å². The van der Waals surface area contributed by atoms with Gasteiger partial charge in [-0.05, 0) is 42.7 Å². The maximum atomic E-state index is 12.9. The Labute approximate surface area is 134 Å². The number of aliphatic hydroxyl groups excluding tert-OH is 1. The number of hydrogen-bond donors (Lipinski definition) is 1. The second kappa shape index (κ2) is 6.65. The first-order valence-electron chi connectivity index (χ1n) is 7.54. The Morgan fingerprint density at radius 3 is 2.65 bits per heavy atom. The van der Waals surface area contributed by atoms with Crippen LogP contribution in [-0.4, -0.2) is 10.9 Å². The molecule has 3 rings (SSSR count). The first-order valence-corrected chi connectivity index (χ1v) is 7.54. The lowest BCUT2D eigenvalue weighted by molar-refractivity contribution is -0.115. The van der Waals surface area contributed by atoms with Crippen molar-refractivity contribution < 1.29 is 19.0 Å². The Balaban J connectivity index is 1.66. The molecule has 1 aliphatic rings. The number of rotatable bonds is 6. The Bertz CT molecular complexity index is 731. The number of halogens is 1. The molecule has 0 amide bonds. The highest BCUT2D eigenvalue weighted by atomic mass is 19.1. The van der Waals surface area contributed by atoms with E-state index in [1.54, 1.807) is 36.4 Å². The molecule has 23 heavy (non-hydrogen) atoms. The van der Waals surface area contributed by atoms with Crippen molar-refractivity contribution in [3.05, 3.63) is 71.6 Å². The molecule has 0 saturated heterocycles. The van der Waals surface area contributed by atoms with Gasteiger partial charge in [0.25, 0.3) is 0 Å². The monoisotopic (exact) mass is 312 g/mol. The summed E-state index contributed by atoms with van der Waals surface area (Å²) in [4.78, 5) is 11.7. The molecular weight excluding hydrogens is 295 g/mol. The molecule has 1 N–H and O–H groups in total.